The van der Waals surface area contributed by atoms with Crippen molar-refractivity contribution in [2.45, 2.75) is 17.0 Å². The molecule has 0 aliphatic heterocycles. The Hall–Kier alpha value is -3.35. The van der Waals surface area contributed by atoms with Gasteiger partial charge in [-0.1, -0.05) is 54.6 Å². The lowest BCUT2D eigenvalue weighted by Crippen LogP contribution is -2.33. The van der Waals surface area contributed by atoms with Crippen LogP contribution in [0.4, 0.5) is 5.69 Å². The van der Waals surface area contributed by atoms with Crippen molar-refractivity contribution in [2.24, 2.45) is 0 Å². The van der Waals surface area contributed by atoms with Gasteiger partial charge in [0.2, 0.25) is 10.0 Å². The molecule has 6 heteroatoms. The van der Waals surface area contributed by atoms with Gasteiger partial charge in [0.25, 0.3) is 0 Å². The molecule has 1 aliphatic rings. The second-order valence-electron chi connectivity index (χ2n) is 7.56. The first kappa shape index (κ1) is 19.6. The highest BCUT2D eigenvalue weighted by molar-refractivity contribution is 7.89. The molecule has 2 atom stereocenters. The third kappa shape index (κ3) is 3.54. The van der Waals surface area contributed by atoms with Crippen molar-refractivity contribution in [1.29, 1.82) is 0 Å². The van der Waals surface area contributed by atoms with Gasteiger partial charge >= 0.3 is 0 Å². The number of nitrogens with one attached hydrogen (secondary N) is 2. The first-order valence-electron chi connectivity index (χ1n) is 10.1. The number of anilines is 1. The van der Waals surface area contributed by atoms with E-state index in [1.54, 1.807) is 37.4 Å². The molecule has 31 heavy (non-hydrogen) atoms. The summed E-state index contributed by atoms with van der Waals surface area (Å²) in [7, 11) is -2.07. The van der Waals surface area contributed by atoms with Gasteiger partial charge in [-0.15, -0.1) is 0 Å². The summed E-state index contributed by atoms with van der Waals surface area (Å²) in [6.07, 6.45) is 0. The molecule has 5 rings (SSSR count). The largest absolute Gasteiger partial charge is 0.497 e. The summed E-state index contributed by atoms with van der Waals surface area (Å²) in [5.74, 6) is 0.767. The Bertz CT molecular complexity index is 1330. The molecule has 0 radical (unpaired) electrons. The van der Waals surface area contributed by atoms with Crippen LogP contribution in [0.15, 0.2) is 95.9 Å². The van der Waals surface area contributed by atoms with Crippen molar-refractivity contribution < 1.29 is 13.2 Å². The Balaban J connectivity index is 1.57. The minimum absolute atomic E-state index is 0.251. The number of benzene rings is 4. The summed E-state index contributed by atoms with van der Waals surface area (Å²) in [6, 6.07) is 27.6. The first-order valence-corrected chi connectivity index (χ1v) is 11.5. The molecule has 0 saturated carbocycles. The summed E-state index contributed by atoms with van der Waals surface area (Å²) >= 11 is 0. The van der Waals surface area contributed by atoms with Gasteiger partial charge in [0.15, 0.2) is 0 Å². The molecule has 0 bridgehead atoms. The van der Waals surface area contributed by atoms with Crippen molar-refractivity contribution in [3.8, 4) is 5.75 Å². The van der Waals surface area contributed by atoms with E-state index in [9.17, 15) is 8.42 Å². The average Bonchev–Trinajstić information content (AvgIpc) is 3.09. The van der Waals surface area contributed by atoms with Crippen LogP contribution in [0.5, 0.6) is 5.75 Å². The smallest absolute Gasteiger partial charge is 0.241 e. The van der Waals surface area contributed by atoms with Crippen LogP contribution in [-0.2, 0) is 10.0 Å². The summed E-state index contributed by atoms with van der Waals surface area (Å²) in [5, 5.41) is 5.73. The molecule has 0 amide bonds. The predicted octanol–water partition coefficient (Wildman–Crippen LogP) is 5.03. The monoisotopic (exact) mass is 430 g/mol. The molecule has 0 fully saturated rings. The normalized spacial score (nSPS) is 17.6. The Labute approximate surface area is 181 Å². The third-order valence-electron chi connectivity index (χ3n) is 5.72. The van der Waals surface area contributed by atoms with Crippen LogP contribution in [0, 0.1) is 0 Å². The van der Waals surface area contributed by atoms with E-state index in [2.05, 4.69) is 28.2 Å². The molecular weight excluding hydrogens is 408 g/mol. The maximum absolute atomic E-state index is 13.2. The average molecular weight is 431 g/mol. The molecule has 0 saturated heterocycles. The predicted molar refractivity (Wildman–Crippen MR) is 123 cm³/mol. The Morgan fingerprint density at radius 3 is 2.03 bits per heavy atom. The lowest BCUT2D eigenvalue weighted by atomic mass is 10.0. The van der Waals surface area contributed by atoms with Gasteiger partial charge in [-0.3, -0.25) is 0 Å². The molecule has 0 unspecified atom stereocenters. The number of hydrogen-bond donors (Lipinski definition) is 2. The van der Waals surface area contributed by atoms with Gasteiger partial charge in [0, 0.05) is 5.69 Å². The second kappa shape index (κ2) is 7.72. The first-order chi connectivity index (χ1) is 15.1. The maximum Gasteiger partial charge on any atom is 0.241 e. The zero-order valence-corrected chi connectivity index (χ0v) is 17.8. The van der Waals surface area contributed by atoms with Crippen LogP contribution >= 0.6 is 0 Å². The summed E-state index contributed by atoms with van der Waals surface area (Å²) < 4.78 is 34.6. The molecule has 5 nitrogen and oxygen atoms in total. The van der Waals surface area contributed by atoms with Crippen molar-refractivity contribution in [3.63, 3.8) is 0 Å². The number of sulfonamides is 1. The van der Waals surface area contributed by atoms with E-state index < -0.39 is 16.1 Å². The fourth-order valence-electron chi connectivity index (χ4n) is 4.27. The summed E-state index contributed by atoms with van der Waals surface area (Å²) in [5.41, 5.74) is 2.93. The molecular formula is C25H22N2O3S. The molecule has 1 aliphatic carbocycles. The molecule has 0 heterocycles. The number of rotatable bonds is 6. The zero-order chi connectivity index (χ0) is 21.4. The van der Waals surface area contributed by atoms with Gasteiger partial charge in [0.05, 0.1) is 24.1 Å². The standard InChI is InChI=1S/C25H22N2O3S/c1-30-19-15-13-18(14-16-19)26-24-21-11-5-7-17-8-6-12-22(23(17)21)25(24)27-31(28,29)20-9-3-2-4-10-20/h2-16,24-27H,1H3/t24-,25+/m0/s1. The molecule has 156 valence electrons. The SMILES string of the molecule is COc1ccc(N[C@H]2c3cccc4cccc(c34)[C@H]2NS(=O)(=O)c2ccccc2)cc1. The summed E-state index contributed by atoms with van der Waals surface area (Å²) in [4.78, 5) is 0.251. The number of ether oxygens (including phenoxy) is 1. The van der Waals surface area contributed by atoms with Crippen molar-refractivity contribution in [3.05, 3.63) is 102 Å². The highest BCUT2D eigenvalue weighted by Crippen LogP contribution is 2.46. The van der Waals surface area contributed by atoms with Crippen molar-refractivity contribution in [1.82, 2.24) is 4.72 Å². The summed E-state index contributed by atoms with van der Waals surface area (Å²) in [6.45, 7) is 0. The van der Waals surface area contributed by atoms with Gasteiger partial charge in [0.1, 0.15) is 5.75 Å². The molecule has 4 aromatic carbocycles. The van der Waals surface area contributed by atoms with Crippen LogP contribution < -0.4 is 14.8 Å². The van der Waals surface area contributed by atoms with Gasteiger partial charge in [-0.25, -0.2) is 13.1 Å². The van der Waals surface area contributed by atoms with E-state index in [0.717, 1.165) is 33.3 Å². The van der Waals surface area contributed by atoms with E-state index in [0.29, 0.717) is 0 Å². The third-order valence-corrected chi connectivity index (χ3v) is 7.18. The van der Waals surface area contributed by atoms with Gasteiger partial charge in [-0.2, -0.15) is 0 Å². The molecule has 0 aromatic heterocycles. The van der Waals surface area contributed by atoms with Gasteiger partial charge < -0.3 is 10.1 Å². The van der Waals surface area contributed by atoms with Crippen molar-refractivity contribution >= 4 is 26.5 Å². The Morgan fingerprint density at radius 1 is 0.742 bits per heavy atom. The van der Waals surface area contributed by atoms with E-state index in [1.165, 1.54) is 0 Å². The van der Waals surface area contributed by atoms with Gasteiger partial charge in [-0.05, 0) is 58.3 Å². The fraction of sp³-hybridized carbons (Fsp3) is 0.120. The van der Waals surface area contributed by atoms with Crippen LogP contribution in [0.3, 0.4) is 0 Å². The quantitative estimate of drug-likeness (QED) is 0.450. The van der Waals surface area contributed by atoms with Crippen LogP contribution in [0.1, 0.15) is 23.2 Å². The number of hydrogen-bond acceptors (Lipinski definition) is 4. The molecule has 0 spiro atoms. The lowest BCUT2D eigenvalue weighted by Gasteiger charge is -2.25. The highest BCUT2D eigenvalue weighted by atomic mass is 32.2. The molecule has 4 aromatic rings. The van der Waals surface area contributed by atoms with E-state index >= 15 is 0 Å². The maximum atomic E-state index is 13.2. The zero-order valence-electron chi connectivity index (χ0n) is 16.9. The van der Waals surface area contributed by atoms with Crippen LogP contribution in [-0.4, -0.2) is 15.5 Å². The Morgan fingerprint density at radius 2 is 1.39 bits per heavy atom. The van der Waals surface area contributed by atoms with E-state index in [4.69, 9.17) is 4.74 Å². The topological polar surface area (TPSA) is 67.4 Å². The van der Waals surface area contributed by atoms with E-state index in [-0.39, 0.29) is 10.9 Å². The second-order valence-corrected chi connectivity index (χ2v) is 9.27. The molecule has 2 N–H and O–H groups in total. The van der Waals surface area contributed by atoms with E-state index in [1.807, 2.05) is 42.5 Å². The Kier molecular flexibility index (Phi) is 4.88. The fourth-order valence-corrected chi connectivity index (χ4v) is 5.52. The number of methoxy groups -OCH3 is 1. The van der Waals surface area contributed by atoms with Crippen LogP contribution in [0.25, 0.3) is 10.8 Å². The highest BCUT2D eigenvalue weighted by Gasteiger charge is 2.37. The minimum atomic E-state index is -3.70. The van der Waals surface area contributed by atoms with Crippen LogP contribution in [0.2, 0.25) is 0 Å². The lowest BCUT2D eigenvalue weighted by molar-refractivity contribution is 0.415. The van der Waals surface area contributed by atoms with Crippen molar-refractivity contribution in [2.75, 3.05) is 12.4 Å². The minimum Gasteiger partial charge on any atom is -0.497 e.